The van der Waals surface area contributed by atoms with Gasteiger partial charge in [-0.15, -0.1) is 24.0 Å². The second-order valence-electron chi connectivity index (χ2n) is 7.63. The first-order valence-electron chi connectivity index (χ1n) is 8.89. The Hall–Kier alpha value is -0.830. The molecule has 150 valence electrons. The number of benzene rings is 1. The summed E-state index contributed by atoms with van der Waals surface area (Å²) >= 11 is 0. The minimum atomic E-state index is -3.21. The van der Waals surface area contributed by atoms with E-state index in [1.807, 2.05) is 6.07 Å². The number of hydrogen-bond donors (Lipinski definition) is 2. The van der Waals surface area contributed by atoms with Crippen LogP contribution >= 0.6 is 24.0 Å². The molecule has 0 spiro atoms. The van der Waals surface area contributed by atoms with Crippen molar-refractivity contribution in [3.8, 4) is 0 Å². The van der Waals surface area contributed by atoms with Gasteiger partial charge in [0.25, 0.3) is 0 Å². The maximum atomic E-state index is 12.2. The van der Waals surface area contributed by atoms with E-state index in [-0.39, 0.29) is 29.7 Å². The lowest BCUT2D eigenvalue weighted by molar-refractivity contribution is 0.346. The predicted molar refractivity (Wildman–Crippen MR) is 121 cm³/mol. The average Bonchev–Trinajstić information content (AvgIpc) is 2.56. The molecule has 0 heterocycles. The number of aliphatic imine (C=N–C) groups is 1. The Labute approximate surface area is 176 Å². The van der Waals surface area contributed by atoms with Crippen LogP contribution in [0.3, 0.4) is 0 Å². The van der Waals surface area contributed by atoms with Gasteiger partial charge in [-0.2, -0.15) is 0 Å². The summed E-state index contributed by atoms with van der Waals surface area (Å²) in [5, 5.41) is 6.55. The van der Waals surface area contributed by atoms with E-state index in [0.29, 0.717) is 29.3 Å². The van der Waals surface area contributed by atoms with E-state index in [9.17, 15) is 8.42 Å². The summed E-state index contributed by atoms with van der Waals surface area (Å²) in [5.41, 5.74) is 0.318. The number of guanidine groups is 1. The van der Waals surface area contributed by atoms with Crippen LogP contribution in [0.4, 0.5) is 0 Å². The third kappa shape index (κ3) is 10.4. The molecule has 0 fully saturated rings. The molecule has 0 aliphatic heterocycles. The van der Waals surface area contributed by atoms with Gasteiger partial charge in [0.15, 0.2) is 15.8 Å². The molecule has 0 aliphatic carbocycles. The molecule has 1 unspecified atom stereocenters. The van der Waals surface area contributed by atoms with E-state index < -0.39 is 9.84 Å². The Balaban J connectivity index is 0.00000625. The summed E-state index contributed by atoms with van der Waals surface area (Å²) in [6, 6.07) is 8.90. The van der Waals surface area contributed by atoms with E-state index in [1.165, 1.54) is 0 Å². The monoisotopic (exact) mass is 495 g/mol. The van der Waals surface area contributed by atoms with Crippen molar-refractivity contribution in [2.45, 2.75) is 57.9 Å². The van der Waals surface area contributed by atoms with Gasteiger partial charge < -0.3 is 10.6 Å². The number of sulfone groups is 1. The van der Waals surface area contributed by atoms with Gasteiger partial charge in [0.05, 0.1) is 10.6 Å². The second kappa shape index (κ2) is 11.8. The van der Waals surface area contributed by atoms with Gasteiger partial charge in [0.2, 0.25) is 0 Å². The first kappa shape index (κ1) is 25.2. The van der Waals surface area contributed by atoms with Gasteiger partial charge in [-0.05, 0) is 43.7 Å². The van der Waals surface area contributed by atoms with Crippen molar-refractivity contribution < 1.29 is 8.42 Å². The Kier molecular flexibility index (Phi) is 11.4. The van der Waals surface area contributed by atoms with Crippen LogP contribution in [0.5, 0.6) is 0 Å². The lowest BCUT2D eigenvalue weighted by atomic mass is 9.89. The van der Waals surface area contributed by atoms with Crippen LogP contribution in [-0.4, -0.2) is 39.8 Å². The van der Waals surface area contributed by atoms with Crippen LogP contribution in [0.2, 0.25) is 0 Å². The highest BCUT2D eigenvalue weighted by atomic mass is 127. The maximum absolute atomic E-state index is 12.2. The molecule has 0 amide bonds. The summed E-state index contributed by atoms with van der Waals surface area (Å²) in [7, 11) is -1.48. The largest absolute Gasteiger partial charge is 0.356 e. The fraction of sp³-hybridized carbons (Fsp3) is 0.632. The molecule has 1 aromatic carbocycles. The zero-order chi connectivity index (χ0) is 18.9. The fourth-order valence-electron chi connectivity index (χ4n) is 2.36. The molecule has 0 bridgehead atoms. The summed E-state index contributed by atoms with van der Waals surface area (Å²) < 4.78 is 24.5. The van der Waals surface area contributed by atoms with Crippen LogP contribution in [-0.2, 0) is 9.84 Å². The van der Waals surface area contributed by atoms with Gasteiger partial charge in [0.1, 0.15) is 0 Å². The molecule has 1 rings (SSSR count). The zero-order valence-electron chi connectivity index (χ0n) is 16.6. The maximum Gasteiger partial charge on any atom is 0.191 e. The molecule has 5 nitrogen and oxygen atoms in total. The quantitative estimate of drug-likeness (QED) is 0.249. The molecule has 0 saturated carbocycles. The molecule has 0 aromatic heterocycles. The van der Waals surface area contributed by atoms with Gasteiger partial charge in [-0.3, -0.25) is 4.99 Å². The lowest BCUT2D eigenvalue weighted by Gasteiger charge is -2.23. The zero-order valence-corrected chi connectivity index (χ0v) is 19.7. The van der Waals surface area contributed by atoms with Crippen molar-refractivity contribution in [2.75, 3.05) is 19.3 Å². The summed E-state index contributed by atoms with van der Waals surface area (Å²) in [6.45, 7) is 9.41. The van der Waals surface area contributed by atoms with Crippen molar-refractivity contribution >= 4 is 39.8 Å². The molecule has 0 saturated heterocycles. The van der Waals surface area contributed by atoms with Crippen molar-refractivity contribution in [3.05, 3.63) is 30.3 Å². The molecule has 0 aliphatic rings. The van der Waals surface area contributed by atoms with Crippen LogP contribution in [0.1, 0.15) is 47.0 Å². The molecule has 0 radical (unpaired) electrons. The second-order valence-corrected chi connectivity index (χ2v) is 9.74. The smallest absolute Gasteiger partial charge is 0.191 e. The van der Waals surface area contributed by atoms with E-state index in [4.69, 9.17) is 0 Å². The number of rotatable bonds is 8. The number of halogens is 1. The van der Waals surface area contributed by atoms with Crippen molar-refractivity contribution in [1.29, 1.82) is 0 Å². The van der Waals surface area contributed by atoms with Crippen LogP contribution < -0.4 is 10.6 Å². The third-order valence-corrected chi connectivity index (χ3v) is 5.74. The minimum Gasteiger partial charge on any atom is -0.356 e. The predicted octanol–water partition coefficient (Wildman–Crippen LogP) is 3.85. The van der Waals surface area contributed by atoms with Crippen LogP contribution in [0.25, 0.3) is 0 Å². The lowest BCUT2D eigenvalue weighted by Crippen LogP contribution is -2.43. The van der Waals surface area contributed by atoms with E-state index >= 15 is 0 Å². The number of hydrogen-bond acceptors (Lipinski definition) is 3. The Bertz CT molecular complexity index is 640. The topological polar surface area (TPSA) is 70.6 Å². The molecule has 7 heteroatoms. The Morgan fingerprint density at radius 2 is 1.81 bits per heavy atom. The number of nitrogens with one attached hydrogen (secondary N) is 2. The van der Waals surface area contributed by atoms with Crippen molar-refractivity contribution in [1.82, 2.24) is 10.6 Å². The summed E-state index contributed by atoms with van der Waals surface area (Å²) in [6.07, 6.45) is 2.73. The molecule has 1 aromatic rings. The van der Waals surface area contributed by atoms with Gasteiger partial charge in [0, 0.05) is 19.6 Å². The van der Waals surface area contributed by atoms with E-state index in [0.717, 1.165) is 18.8 Å². The Morgan fingerprint density at radius 1 is 1.19 bits per heavy atom. The molecular weight excluding hydrogens is 461 g/mol. The third-order valence-electron chi connectivity index (χ3n) is 3.92. The molecule has 26 heavy (non-hydrogen) atoms. The first-order chi connectivity index (χ1) is 11.6. The van der Waals surface area contributed by atoms with Crippen molar-refractivity contribution in [3.63, 3.8) is 0 Å². The van der Waals surface area contributed by atoms with E-state index in [2.05, 4.69) is 43.3 Å². The first-order valence-corrected chi connectivity index (χ1v) is 10.5. The standard InChI is InChI=1S/C19H33N3O2S.HI/c1-16(12-13-19(2,3)4)22-18(20-5)21-14-9-15-25(23,24)17-10-7-6-8-11-17;/h6-8,10-11,16H,9,12-15H2,1-5H3,(H2,20,21,22);1H. The molecule has 1 atom stereocenters. The summed E-state index contributed by atoms with van der Waals surface area (Å²) in [4.78, 5) is 4.59. The molecule has 2 N–H and O–H groups in total. The normalized spacial score (nSPS) is 13.7. The van der Waals surface area contributed by atoms with Crippen molar-refractivity contribution in [2.24, 2.45) is 10.4 Å². The number of nitrogens with zero attached hydrogens (tertiary/aromatic N) is 1. The SMILES string of the molecule is CN=C(NCCCS(=O)(=O)c1ccccc1)NC(C)CCC(C)(C)C.I. The highest BCUT2D eigenvalue weighted by Gasteiger charge is 2.14. The Morgan fingerprint density at radius 3 is 2.35 bits per heavy atom. The highest BCUT2D eigenvalue weighted by molar-refractivity contribution is 14.0. The minimum absolute atomic E-state index is 0. The van der Waals surface area contributed by atoms with Crippen LogP contribution in [0, 0.1) is 5.41 Å². The van der Waals surface area contributed by atoms with Gasteiger partial charge >= 0.3 is 0 Å². The average molecular weight is 495 g/mol. The summed E-state index contributed by atoms with van der Waals surface area (Å²) in [5.74, 6) is 0.846. The fourth-order valence-corrected chi connectivity index (χ4v) is 3.70. The van der Waals surface area contributed by atoms with Gasteiger partial charge in [-0.25, -0.2) is 8.42 Å². The highest BCUT2D eigenvalue weighted by Crippen LogP contribution is 2.21. The van der Waals surface area contributed by atoms with Crippen LogP contribution in [0.15, 0.2) is 40.2 Å². The molecular formula is C19H34IN3O2S. The van der Waals surface area contributed by atoms with E-state index in [1.54, 1.807) is 31.3 Å². The van der Waals surface area contributed by atoms with Gasteiger partial charge in [-0.1, -0.05) is 39.0 Å².